The average Bonchev–Trinajstić information content (AvgIpc) is 2.35. The molecule has 7 nitrogen and oxygen atoms in total. The molecule has 0 aliphatic carbocycles. The number of esters is 1. The molecule has 1 saturated heterocycles. The zero-order valence-electron chi connectivity index (χ0n) is 10.9. The molecule has 21 heavy (non-hydrogen) atoms. The van der Waals surface area contributed by atoms with Crippen LogP contribution < -0.4 is 0 Å². The fourth-order valence-electron chi connectivity index (χ4n) is 1.88. The van der Waals surface area contributed by atoms with Gasteiger partial charge in [0, 0.05) is 13.1 Å². The minimum atomic E-state index is -3.93. The van der Waals surface area contributed by atoms with Crippen LogP contribution in [-0.2, 0) is 19.6 Å². The highest BCUT2D eigenvalue weighted by Crippen LogP contribution is 2.30. The molecule has 0 spiro atoms. The Labute approximate surface area is 126 Å². The monoisotopic (exact) mass is 333 g/mol. The molecule has 1 N–H and O–H groups in total. The molecule has 1 aliphatic rings. The SMILES string of the molecule is COC(=O)c1ccc(Cl)c(S(=O)(=O)N2CC(C(=O)O)C2)c1. The summed E-state index contributed by atoms with van der Waals surface area (Å²) in [5.41, 5.74) is 0.0517. The fourth-order valence-corrected chi connectivity index (χ4v) is 3.91. The van der Waals surface area contributed by atoms with Crippen LogP contribution in [0.15, 0.2) is 23.1 Å². The van der Waals surface area contributed by atoms with Gasteiger partial charge in [0.2, 0.25) is 10.0 Å². The molecule has 1 aliphatic heterocycles. The van der Waals surface area contributed by atoms with Gasteiger partial charge in [-0.25, -0.2) is 13.2 Å². The first-order valence-corrected chi connectivity index (χ1v) is 7.70. The average molecular weight is 334 g/mol. The number of hydrogen-bond acceptors (Lipinski definition) is 5. The van der Waals surface area contributed by atoms with Crippen molar-refractivity contribution in [2.75, 3.05) is 20.2 Å². The normalized spacial score (nSPS) is 16.3. The Kier molecular flexibility index (Phi) is 4.22. The molecule has 1 aromatic carbocycles. The summed E-state index contributed by atoms with van der Waals surface area (Å²) in [7, 11) is -2.75. The van der Waals surface area contributed by atoms with Crippen LogP contribution in [-0.4, -0.2) is 50.0 Å². The Bertz CT molecular complexity index is 696. The van der Waals surface area contributed by atoms with Crippen molar-refractivity contribution in [3.63, 3.8) is 0 Å². The number of ether oxygens (including phenoxy) is 1. The Balaban J connectivity index is 2.33. The van der Waals surface area contributed by atoms with Crippen molar-refractivity contribution in [1.82, 2.24) is 4.31 Å². The van der Waals surface area contributed by atoms with E-state index >= 15 is 0 Å². The molecule has 0 aromatic heterocycles. The Morgan fingerprint density at radius 2 is 2.00 bits per heavy atom. The Hall–Kier alpha value is -1.64. The van der Waals surface area contributed by atoms with Gasteiger partial charge in [-0.3, -0.25) is 4.79 Å². The van der Waals surface area contributed by atoms with Crippen molar-refractivity contribution < 1.29 is 27.9 Å². The lowest BCUT2D eigenvalue weighted by Gasteiger charge is -2.35. The predicted molar refractivity (Wildman–Crippen MR) is 72.7 cm³/mol. The number of nitrogens with zero attached hydrogens (tertiary/aromatic N) is 1. The van der Waals surface area contributed by atoms with Crippen LogP contribution in [0, 0.1) is 5.92 Å². The zero-order chi connectivity index (χ0) is 15.8. The Morgan fingerprint density at radius 1 is 1.38 bits per heavy atom. The molecule has 0 bridgehead atoms. The predicted octanol–water partition coefficient (Wildman–Crippen LogP) is 0.832. The number of halogens is 1. The summed E-state index contributed by atoms with van der Waals surface area (Å²) in [4.78, 5) is 21.9. The second-order valence-electron chi connectivity index (χ2n) is 4.49. The first-order chi connectivity index (χ1) is 9.77. The van der Waals surface area contributed by atoms with E-state index < -0.39 is 27.9 Å². The third-order valence-electron chi connectivity index (χ3n) is 3.17. The van der Waals surface area contributed by atoms with Gasteiger partial charge in [-0.2, -0.15) is 4.31 Å². The van der Waals surface area contributed by atoms with Crippen LogP contribution >= 0.6 is 11.6 Å². The molecule has 1 fully saturated rings. The third kappa shape index (κ3) is 2.87. The van der Waals surface area contributed by atoms with Crippen molar-refractivity contribution in [2.24, 2.45) is 5.92 Å². The van der Waals surface area contributed by atoms with E-state index in [-0.39, 0.29) is 28.6 Å². The summed E-state index contributed by atoms with van der Waals surface area (Å²) >= 11 is 5.88. The summed E-state index contributed by atoms with van der Waals surface area (Å²) in [6.07, 6.45) is 0. The molecular weight excluding hydrogens is 322 g/mol. The van der Waals surface area contributed by atoms with Crippen molar-refractivity contribution in [1.29, 1.82) is 0 Å². The van der Waals surface area contributed by atoms with Crippen molar-refractivity contribution in [3.05, 3.63) is 28.8 Å². The van der Waals surface area contributed by atoms with Gasteiger partial charge in [0.15, 0.2) is 0 Å². The number of carbonyl (C=O) groups excluding carboxylic acids is 1. The van der Waals surface area contributed by atoms with Crippen LogP contribution in [0.3, 0.4) is 0 Å². The van der Waals surface area contributed by atoms with E-state index in [0.29, 0.717) is 0 Å². The summed E-state index contributed by atoms with van der Waals surface area (Å²) in [6, 6.07) is 3.76. The maximum absolute atomic E-state index is 12.4. The van der Waals surface area contributed by atoms with Gasteiger partial charge in [-0.1, -0.05) is 11.6 Å². The number of carbonyl (C=O) groups is 2. The van der Waals surface area contributed by atoms with E-state index in [0.717, 1.165) is 10.4 Å². The second kappa shape index (κ2) is 5.63. The molecule has 0 amide bonds. The molecular formula is C12H12ClNO6S. The van der Waals surface area contributed by atoms with Gasteiger partial charge in [-0.15, -0.1) is 0 Å². The van der Waals surface area contributed by atoms with E-state index in [4.69, 9.17) is 16.7 Å². The molecule has 1 heterocycles. The molecule has 2 rings (SSSR count). The standard InChI is InChI=1S/C12H12ClNO6S/c1-20-12(17)7-2-3-9(13)10(4-7)21(18,19)14-5-8(6-14)11(15)16/h2-4,8H,5-6H2,1H3,(H,15,16). The van der Waals surface area contributed by atoms with E-state index in [1.165, 1.54) is 19.2 Å². The van der Waals surface area contributed by atoms with E-state index in [2.05, 4.69) is 4.74 Å². The molecule has 0 saturated carbocycles. The van der Waals surface area contributed by atoms with Crippen LogP contribution in [0.1, 0.15) is 10.4 Å². The number of sulfonamides is 1. The van der Waals surface area contributed by atoms with Gasteiger partial charge in [0.05, 0.1) is 23.6 Å². The first-order valence-electron chi connectivity index (χ1n) is 5.88. The molecule has 9 heteroatoms. The summed E-state index contributed by atoms with van der Waals surface area (Å²) in [5.74, 6) is -2.45. The largest absolute Gasteiger partial charge is 0.481 e. The molecule has 0 atom stereocenters. The van der Waals surface area contributed by atoms with Gasteiger partial charge >= 0.3 is 11.9 Å². The highest BCUT2D eigenvalue weighted by atomic mass is 35.5. The fraction of sp³-hybridized carbons (Fsp3) is 0.333. The van der Waals surface area contributed by atoms with E-state index in [9.17, 15) is 18.0 Å². The van der Waals surface area contributed by atoms with Crippen molar-refractivity contribution in [3.8, 4) is 0 Å². The number of carboxylic acid groups (broad SMARTS) is 1. The maximum atomic E-state index is 12.4. The lowest BCUT2D eigenvalue weighted by Crippen LogP contribution is -2.52. The van der Waals surface area contributed by atoms with Gasteiger partial charge in [0.25, 0.3) is 0 Å². The highest BCUT2D eigenvalue weighted by molar-refractivity contribution is 7.89. The Morgan fingerprint density at radius 3 is 2.52 bits per heavy atom. The van der Waals surface area contributed by atoms with Crippen LogP contribution in [0.25, 0.3) is 0 Å². The van der Waals surface area contributed by atoms with Crippen molar-refractivity contribution in [2.45, 2.75) is 4.90 Å². The summed E-state index contributed by atoms with van der Waals surface area (Å²) < 4.78 is 30.3. The van der Waals surface area contributed by atoms with Crippen LogP contribution in [0.2, 0.25) is 5.02 Å². The second-order valence-corrected chi connectivity index (χ2v) is 6.81. The number of methoxy groups -OCH3 is 1. The highest BCUT2D eigenvalue weighted by Gasteiger charge is 2.41. The lowest BCUT2D eigenvalue weighted by molar-refractivity contribution is -0.145. The topological polar surface area (TPSA) is 101 Å². The van der Waals surface area contributed by atoms with Gasteiger partial charge in [0.1, 0.15) is 4.90 Å². The lowest BCUT2D eigenvalue weighted by atomic mass is 10.0. The van der Waals surface area contributed by atoms with Crippen LogP contribution in [0.4, 0.5) is 0 Å². The molecule has 0 radical (unpaired) electrons. The quantitative estimate of drug-likeness (QED) is 0.819. The summed E-state index contributed by atoms with van der Waals surface area (Å²) in [5, 5.41) is 8.74. The third-order valence-corrected chi connectivity index (χ3v) is 5.48. The van der Waals surface area contributed by atoms with E-state index in [1.807, 2.05) is 0 Å². The van der Waals surface area contributed by atoms with Gasteiger partial charge < -0.3 is 9.84 Å². The minimum absolute atomic E-state index is 0.0403. The maximum Gasteiger partial charge on any atom is 0.337 e. The first kappa shape index (κ1) is 15.7. The number of carboxylic acids is 1. The van der Waals surface area contributed by atoms with Gasteiger partial charge in [-0.05, 0) is 18.2 Å². The molecule has 1 aromatic rings. The smallest absolute Gasteiger partial charge is 0.337 e. The number of hydrogen-bond donors (Lipinski definition) is 1. The number of rotatable bonds is 4. The molecule has 114 valence electrons. The van der Waals surface area contributed by atoms with Crippen LogP contribution in [0.5, 0.6) is 0 Å². The zero-order valence-corrected chi connectivity index (χ0v) is 12.5. The molecule has 0 unspecified atom stereocenters. The number of benzene rings is 1. The van der Waals surface area contributed by atoms with E-state index in [1.54, 1.807) is 0 Å². The minimum Gasteiger partial charge on any atom is -0.481 e. The summed E-state index contributed by atoms with van der Waals surface area (Å²) in [6.45, 7) is -0.229. The van der Waals surface area contributed by atoms with Crippen molar-refractivity contribution >= 4 is 33.6 Å². The number of aliphatic carboxylic acids is 1.